The fourth-order valence-electron chi connectivity index (χ4n) is 0.247. The number of carboxylic acid groups (broad SMARTS) is 2. The Morgan fingerprint density at radius 3 is 1.12 bits per heavy atom. The zero-order valence-electron chi connectivity index (χ0n) is 7.68. The van der Waals surface area contributed by atoms with Gasteiger partial charge in [0.15, 0.2) is 0 Å². The summed E-state index contributed by atoms with van der Waals surface area (Å²) in [7, 11) is 0. The van der Waals surface area contributed by atoms with Gasteiger partial charge in [0.2, 0.25) is 0 Å². The van der Waals surface area contributed by atoms with Gasteiger partial charge in [0.25, 0.3) is 11.9 Å². The van der Waals surface area contributed by atoms with Gasteiger partial charge in [0.1, 0.15) is 0 Å². The molecule has 0 saturated heterocycles. The monoisotopic (exact) mass is 313 g/mol. The van der Waals surface area contributed by atoms with E-state index in [9.17, 15) is 9.59 Å². The van der Waals surface area contributed by atoms with E-state index in [2.05, 4.69) is 25.7 Å². The van der Waals surface area contributed by atoms with Gasteiger partial charge < -0.3 is 50.3 Å². The molecule has 0 heterocycles. The molecule has 0 aromatic heterocycles. The fraction of sp³-hybridized carbons (Fsp3) is 0.286. The van der Waals surface area contributed by atoms with Crippen LogP contribution in [0.25, 0.3) is 5.32 Å². The molecular formula is C7H6NO7Tc. The van der Waals surface area contributed by atoms with Crippen LogP contribution in [-0.4, -0.2) is 55.6 Å². The number of rotatable bonds is 4. The summed E-state index contributed by atoms with van der Waals surface area (Å²) in [6, 6.07) is 0. The Morgan fingerprint density at radius 2 is 1.00 bits per heavy atom. The number of carbonyl (C=O) groups is 2. The maximum absolute atomic E-state index is 9.69. The number of hydrogen-bond acceptors (Lipinski definition) is 5. The Labute approximate surface area is 105 Å². The van der Waals surface area contributed by atoms with Crippen molar-refractivity contribution in [3.63, 3.8) is 0 Å². The second kappa shape index (κ2) is 37.4. The largest absolute Gasteiger partial charge is 4.00 e. The van der Waals surface area contributed by atoms with E-state index in [-0.39, 0.29) is 20.1 Å². The summed E-state index contributed by atoms with van der Waals surface area (Å²) in [6.07, 6.45) is 0. The molecule has 0 fully saturated rings. The van der Waals surface area contributed by atoms with E-state index in [1.165, 1.54) is 0 Å². The van der Waals surface area contributed by atoms with Crippen LogP contribution in [0.5, 0.6) is 0 Å². The van der Waals surface area contributed by atoms with Crippen molar-refractivity contribution in [1.82, 2.24) is 0 Å². The predicted molar refractivity (Wildman–Crippen MR) is 45.4 cm³/mol. The first-order chi connectivity index (χ1) is 7.13. The van der Waals surface area contributed by atoms with Crippen molar-refractivity contribution in [2.45, 2.75) is 0 Å². The Balaban J connectivity index is -0.0000000498. The van der Waals surface area contributed by atoms with E-state index >= 15 is 0 Å². The molecule has 4 radical (unpaired) electrons. The maximum Gasteiger partial charge on any atom is 4.00 e. The molecule has 0 aliphatic carbocycles. The van der Waals surface area contributed by atoms with Crippen LogP contribution in [0.1, 0.15) is 0 Å². The number of aliphatic carboxylic acids is 2. The maximum atomic E-state index is 9.69. The van der Waals surface area contributed by atoms with Crippen LogP contribution in [0.15, 0.2) is 0 Å². The zero-order chi connectivity index (χ0) is 13.3. The molecule has 0 aliphatic heterocycles. The minimum atomic E-state index is -1.11. The topological polar surface area (TPSA) is 140 Å². The van der Waals surface area contributed by atoms with Gasteiger partial charge in [-0.3, -0.25) is 9.59 Å². The molecule has 8 nitrogen and oxygen atoms in total. The fourth-order valence-corrected chi connectivity index (χ4v) is 0.247. The average molecular weight is 314 g/mol. The predicted octanol–water partition coefficient (Wildman–Crippen LogP) is -1.66. The number of carboxylic acids is 2. The van der Waals surface area contributed by atoms with Gasteiger partial charge in [0, 0.05) is 0 Å². The third-order valence-corrected chi connectivity index (χ3v) is 0.494. The normalized spacial score (nSPS) is 5.75. The average Bonchev–Trinajstić information content (AvgIpc) is 2.25. The first kappa shape index (κ1) is 29.3. The van der Waals surface area contributed by atoms with Gasteiger partial charge >= 0.3 is 20.1 Å². The molecule has 0 atom stereocenters. The van der Waals surface area contributed by atoms with Gasteiger partial charge in [-0.2, -0.15) is 0 Å². The van der Waals surface area contributed by atoms with Gasteiger partial charge in [0.05, 0.1) is 0 Å². The summed E-state index contributed by atoms with van der Waals surface area (Å²) in [5.41, 5.74) is 0. The Kier molecular flexibility index (Phi) is 68.5. The molecule has 0 rings (SSSR count). The summed E-state index contributed by atoms with van der Waals surface area (Å²) in [6.45, 7) is 12.6. The van der Waals surface area contributed by atoms with Crippen molar-refractivity contribution >= 4 is 32.3 Å². The van der Waals surface area contributed by atoms with E-state index in [1.54, 1.807) is 0 Å². The molecule has 0 aromatic rings. The Morgan fingerprint density at radius 1 is 0.812 bits per heavy atom. The first-order valence-corrected chi connectivity index (χ1v) is 2.81. The minimum absolute atomic E-state index is 0. The van der Waals surface area contributed by atoms with E-state index in [0.717, 1.165) is 0 Å². The van der Waals surface area contributed by atoms with Crippen LogP contribution in [0.2, 0.25) is 0 Å². The van der Waals surface area contributed by atoms with Gasteiger partial charge in [-0.1, -0.05) is 0 Å². The summed E-state index contributed by atoms with van der Waals surface area (Å²) < 4.78 is 0. The van der Waals surface area contributed by atoms with E-state index < -0.39 is 25.0 Å². The summed E-state index contributed by atoms with van der Waals surface area (Å²) in [5, 5.41) is 19.1. The summed E-state index contributed by atoms with van der Waals surface area (Å²) in [4.78, 5) is 41.9. The van der Waals surface area contributed by atoms with Crippen LogP contribution >= 0.6 is 0 Å². The molecule has 2 N–H and O–H groups in total. The zero-order valence-corrected chi connectivity index (χ0v) is 9.53. The first-order valence-electron chi connectivity index (χ1n) is 2.81. The molecular weight excluding hydrogens is 308 g/mol. The van der Waals surface area contributed by atoms with Gasteiger partial charge in [-0.25, -0.2) is 0 Å². The Hall–Kier alpha value is -1.44. The molecule has 0 amide bonds. The molecule has 0 spiro atoms. The summed E-state index contributed by atoms with van der Waals surface area (Å²) in [5.74, 6) is -2.23. The van der Waals surface area contributed by atoms with Crippen LogP contribution in [0.4, 0.5) is 0 Å². The third-order valence-electron chi connectivity index (χ3n) is 0.494. The number of hydrogen-bond donors (Lipinski definition) is 2. The quantitative estimate of drug-likeness (QED) is 0.591. The second-order valence-electron chi connectivity index (χ2n) is 1.33. The smallest absolute Gasteiger partial charge is 0.644 e. The molecule has 0 aliphatic rings. The molecule has 88 valence electrons. The van der Waals surface area contributed by atoms with Crippen molar-refractivity contribution in [1.29, 1.82) is 0 Å². The molecule has 0 aromatic carbocycles. The van der Waals surface area contributed by atoms with E-state index in [1.807, 2.05) is 0 Å². The molecule has 0 unspecified atom stereocenters. The van der Waals surface area contributed by atoms with Crippen LogP contribution in [-0.2, 0) is 44.1 Å². The van der Waals surface area contributed by atoms with Crippen LogP contribution in [0, 0.1) is 0 Å². The van der Waals surface area contributed by atoms with Crippen molar-refractivity contribution < 1.29 is 54.3 Å². The van der Waals surface area contributed by atoms with E-state index in [0.29, 0.717) is 0 Å². The van der Waals surface area contributed by atoms with Crippen molar-refractivity contribution in [3.8, 4) is 0 Å². The van der Waals surface area contributed by atoms with Crippen molar-refractivity contribution in [2.24, 2.45) is 0 Å². The molecule has 9 heteroatoms. The van der Waals surface area contributed by atoms with Crippen molar-refractivity contribution in [2.75, 3.05) is 13.1 Å². The van der Waals surface area contributed by atoms with Crippen LogP contribution < -0.4 is 0 Å². The third kappa shape index (κ3) is 80.7. The van der Waals surface area contributed by atoms with E-state index in [4.69, 9.17) is 24.6 Å². The summed E-state index contributed by atoms with van der Waals surface area (Å²) >= 11 is 0. The second-order valence-corrected chi connectivity index (χ2v) is 1.33. The minimum Gasteiger partial charge on any atom is -0.644 e. The molecule has 0 saturated carbocycles. The molecule has 0 bridgehead atoms. The Bertz CT molecular complexity index is 148. The van der Waals surface area contributed by atoms with Crippen molar-refractivity contribution in [3.05, 3.63) is 5.32 Å². The standard InChI is InChI=1S/C4H6NO4.3CO.Tc/c6-3(7)1-5-2-4(8)9;3*1-2;/h1-2H2,(H,6,7)(H,8,9);;;;/q4*-1;+4. The van der Waals surface area contributed by atoms with Gasteiger partial charge in [-0.05, 0) is 13.1 Å². The van der Waals surface area contributed by atoms with Crippen LogP contribution in [0.3, 0.4) is 0 Å². The number of nitrogens with zero attached hydrogens (tertiary/aromatic N) is 1. The van der Waals surface area contributed by atoms with Gasteiger partial charge in [-0.15, -0.1) is 0 Å². The number of carbonyl (C=O) groups excluding carboxylic acids is 3. The molecule has 16 heavy (non-hydrogen) atoms. The SMILES string of the molecule is O=C(O)C[N-]CC(=O)O.[C-]=O.[C-]=O.[C-]=O.[Tc+4].